The summed E-state index contributed by atoms with van der Waals surface area (Å²) in [5.41, 5.74) is 2.63. The molecule has 0 spiro atoms. The van der Waals surface area contributed by atoms with E-state index < -0.39 is 71.6 Å². The SMILES string of the molecule is CCCCCCCCCCCC(CC(=O)NC1C(O)OC(CO)C(OS(=O)(=O)[O-])C1OC(=O)CCCCCCCCc1ccccc1)OC(=O)CCCCCCCCc1ccccc1.[Na+]. The third-order valence-corrected chi connectivity index (χ3v) is 12.3. The molecule has 1 aliphatic heterocycles. The topological polar surface area (TPSA) is 198 Å². The van der Waals surface area contributed by atoms with Crippen LogP contribution >= 0.6 is 0 Å². The molecule has 13 nitrogen and oxygen atoms in total. The Hall–Kier alpha value is -2.40. The van der Waals surface area contributed by atoms with Gasteiger partial charge in [0.05, 0.1) is 13.0 Å². The first-order chi connectivity index (χ1) is 31.0. The monoisotopic (exact) mass is 940 g/mol. The average Bonchev–Trinajstić information content (AvgIpc) is 3.27. The van der Waals surface area contributed by atoms with Crippen molar-refractivity contribution in [3.63, 3.8) is 0 Å². The van der Waals surface area contributed by atoms with Gasteiger partial charge >= 0.3 is 41.5 Å². The van der Waals surface area contributed by atoms with Crippen LogP contribution < -0.4 is 34.9 Å². The number of ether oxygens (including phenoxy) is 3. The number of benzene rings is 2. The Kier molecular flexibility index (Phi) is 32.3. The van der Waals surface area contributed by atoms with E-state index in [1.807, 2.05) is 24.3 Å². The molecule has 0 aromatic heterocycles. The van der Waals surface area contributed by atoms with Crippen LogP contribution in [0.5, 0.6) is 0 Å². The molecular weight excluding hydrogens is 862 g/mol. The van der Waals surface area contributed by atoms with Crippen LogP contribution in [0.15, 0.2) is 60.7 Å². The molecule has 6 unspecified atom stereocenters. The first-order valence-corrected chi connectivity index (χ1v) is 25.7. The van der Waals surface area contributed by atoms with Crippen molar-refractivity contribution in [1.29, 1.82) is 0 Å². The maximum atomic E-state index is 13.7. The minimum Gasteiger partial charge on any atom is -0.726 e. The van der Waals surface area contributed by atoms with Gasteiger partial charge in [-0.25, -0.2) is 8.42 Å². The summed E-state index contributed by atoms with van der Waals surface area (Å²) in [5, 5.41) is 23.6. The van der Waals surface area contributed by atoms with Crippen molar-refractivity contribution in [3.8, 4) is 0 Å². The molecule has 1 aliphatic rings. The van der Waals surface area contributed by atoms with Crippen LogP contribution in [0.25, 0.3) is 0 Å². The summed E-state index contributed by atoms with van der Waals surface area (Å²) in [5.74, 6) is -1.85. The van der Waals surface area contributed by atoms with Gasteiger partial charge in [-0.2, -0.15) is 0 Å². The van der Waals surface area contributed by atoms with Crippen LogP contribution in [0.1, 0.15) is 179 Å². The fourth-order valence-corrected chi connectivity index (χ4v) is 8.81. The number of esters is 2. The Morgan fingerprint density at radius 3 is 1.63 bits per heavy atom. The molecule has 15 heteroatoms. The van der Waals surface area contributed by atoms with Gasteiger partial charge in [-0.15, -0.1) is 0 Å². The minimum absolute atomic E-state index is 0. The largest absolute Gasteiger partial charge is 1.00 e. The fourth-order valence-electron chi connectivity index (χ4n) is 8.31. The number of aliphatic hydroxyl groups excluding tert-OH is 2. The van der Waals surface area contributed by atoms with E-state index in [1.165, 1.54) is 36.8 Å². The zero-order valence-corrected chi connectivity index (χ0v) is 42.2. The molecule has 362 valence electrons. The Morgan fingerprint density at radius 1 is 0.677 bits per heavy atom. The molecule has 0 aliphatic carbocycles. The third-order valence-electron chi connectivity index (χ3n) is 11.9. The Bertz CT molecular complexity index is 1650. The molecule has 2 aromatic carbocycles. The molecule has 0 bridgehead atoms. The van der Waals surface area contributed by atoms with Crippen LogP contribution in [0.3, 0.4) is 0 Å². The molecular formula is C50H78NNaO12S. The molecule has 6 atom stereocenters. The zero-order valence-electron chi connectivity index (χ0n) is 39.4. The van der Waals surface area contributed by atoms with Gasteiger partial charge in [0.2, 0.25) is 16.3 Å². The summed E-state index contributed by atoms with van der Waals surface area (Å²) >= 11 is 0. The van der Waals surface area contributed by atoms with E-state index in [-0.39, 0.29) is 48.8 Å². The van der Waals surface area contributed by atoms with Crippen molar-refractivity contribution in [3.05, 3.63) is 71.8 Å². The second-order valence-electron chi connectivity index (χ2n) is 17.4. The number of unbranched alkanes of at least 4 members (excludes halogenated alkanes) is 18. The van der Waals surface area contributed by atoms with Crippen molar-refractivity contribution in [1.82, 2.24) is 5.32 Å². The van der Waals surface area contributed by atoms with Gasteiger partial charge in [-0.3, -0.25) is 18.6 Å². The molecule has 3 N–H and O–H groups in total. The van der Waals surface area contributed by atoms with Crippen LogP contribution in [0, 0.1) is 0 Å². The number of aryl methyl sites for hydroxylation is 2. The third kappa shape index (κ3) is 27.3. The molecule has 1 fully saturated rings. The number of amides is 1. The predicted molar refractivity (Wildman–Crippen MR) is 246 cm³/mol. The van der Waals surface area contributed by atoms with Gasteiger partial charge in [0.1, 0.15) is 24.4 Å². The maximum Gasteiger partial charge on any atom is 1.00 e. The number of hydrogen-bond donors (Lipinski definition) is 3. The number of rotatable bonds is 36. The van der Waals surface area contributed by atoms with Crippen molar-refractivity contribution >= 4 is 28.2 Å². The van der Waals surface area contributed by atoms with E-state index >= 15 is 0 Å². The molecule has 1 saturated heterocycles. The number of aliphatic hydroxyl groups is 2. The summed E-state index contributed by atoms with van der Waals surface area (Å²) in [6, 6.07) is 19.1. The standard InChI is InChI=1S/C50H79NO12S.Na/c1-2-3-4-5-6-7-8-15-26-35-42(60-45(54)36-27-16-11-9-13-20-29-40-31-22-18-23-32-40)38-44(53)51-47-49(48(63-64(57,58)59)43(39-52)61-50(47)56)62-46(55)37-28-17-12-10-14-21-30-41-33-24-19-25-34-41;/h18-19,22-25,31-34,42-43,47-50,52,56H,2-17,20-21,26-30,35-39H2,1H3,(H,51,53)(H,57,58,59);/q;+1/p-1. The van der Waals surface area contributed by atoms with Crippen LogP contribution in [0.2, 0.25) is 0 Å². The number of carbonyl (C=O) groups is 3. The van der Waals surface area contributed by atoms with E-state index in [0.29, 0.717) is 19.3 Å². The summed E-state index contributed by atoms with van der Waals surface area (Å²) in [6.07, 6.45) is 15.4. The quantitative estimate of drug-likeness (QED) is 0.0233. The van der Waals surface area contributed by atoms with Crippen molar-refractivity contribution in [2.24, 2.45) is 0 Å². The van der Waals surface area contributed by atoms with Crippen molar-refractivity contribution in [2.75, 3.05) is 6.61 Å². The van der Waals surface area contributed by atoms with E-state index in [2.05, 4.69) is 48.6 Å². The second-order valence-corrected chi connectivity index (χ2v) is 18.4. The number of nitrogens with one attached hydrogen (secondary N) is 1. The molecule has 0 radical (unpaired) electrons. The summed E-state index contributed by atoms with van der Waals surface area (Å²) in [4.78, 5) is 39.9. The van der Waals surface area contributed by atoms with Crippen molar-refractivity contribution in [2.45, 2.75) is 217 Å². The van der Waals surface area contributed by atoms with Crippen LogP contribution in [-0.4, -0.2) is 84.4 Å². The van der Waals surface area contributed by atoms with Crippen LogP contribution in [-0.2, 0) is 56.0 Å². The molecule has 1 amide bonds. The molecule has 1 heterocycles. The second kappa shape index (κ2) is 35.7. The number of carbonyl (C=O) groups excluding carboxylic acids is 3. The average molecular weight is 940 g/mol. The number of hydrogen-bond acceptors (Lipinski definition) is 12. The molecule has 3 rings (SSSR count). The summed E-state index contributed by atoms with van der Waals surface area (Å²) in [7, 11) is -5.42. The predicted octanol–water partition coefficient (Wildman–Crippen LogP) is 6.11. The van der Waals surface area contributed by atoms with Crippen LogP contribution in [0.4, 0.5) is 0 Å². The van der Waals surface area contributed by atoms with Gasteiger partial charge in [0.15, 0.2) is 12.4 Å². The molecule has 0 saturated carbocycles. The summed E-state index contributed by atoms with van der Waals surface area (Å²) in [6.45, 7) is 1.30. The van der Waals surface area contributed by atoms with Gasteiger partial charge < -0.3 is 34.3 Å². The summed E-state index contributed by atoms with van der Waals surface area (Å²) < 4.78 is 57.1. The Morgan fingerprint density at radius 2 is 1.14 bits per heavy atom. The van der Waals surface area contributed by atoms with E-state index in [1.54, 1.807) is 0 Å². The molecule has 65 heavy (non-hydrogen) atoms. The van der Waals surface area contributed by atoms with Crippen molar-refractivity contribution < 1.29 is 85.5 Å². The zero-order chi connectivity index (χ0) is 46.3. The minimum atomic E-state index is -5.42. The normalized spacial score (nSPS) is 18.9. The smallest absolute Gasteiger partial charge is 0.726 e. The van der Waals surface area contributed by atoms with Gasteiger partial charge in [-0.05, 0) is 62.5 Å². The maximum absolute atomic E-state index is 13.7. The van der Waals surface area contributed by atoms with Gasteiger partial charge in [0.25, 0.3) is 0 Å². The fraction of sp³-hybridized carbons (Fsp3) is 0.700. The van der Waals surface area contributed by atoms with Gasteiger partial charge in [-0.1, -0.05) is 170 Å². The Balaban J connectivity index is 0.0000145. The van der Waals surface area contributed by atoms with E-state index in [9.17, 15) is 37.6 Å². The molecule has 2 aromatic rings. The van der Waals surface area contributed by atoms with Gasteiger partial charge in [0, 0.05) is 12.8 Å². The van der Waals surface area contributed by atoms with E-state index in [4.69, 9.17) is 18.4 Å². The first kappa shape index (κ1) is 58.7. The Labute approximate surface area is 412 Å². The van der Waals surface area contributed by atoms with E-state index in [0.717, 1.165) is 109 Å². The first-order valence-electron chi connectivity index (χ1n) is 24.3.